The molecule has 2 aromatic rings. The number of nitrogens with zero attached hydrogens (tertiary/aromatic N) is 2. The third kappa shape index (κ3) is 3.67. The van der Waals surface area contributed by atoms with Crippen LogP contribution in [0.1, 0.15) is 33.8 Å². The molecule has 5 nitrogen and oxygen atoms in total. The van der Waals surface area contributed by atoms with Crippen LogP contribution in [0, 0.1) is 11.7 Å². The van der Waals surface area contributed by atoms with E-state index in [0.717, 1.165) is 42.9 Å². The van der Waals surface area contributed by atoms with E-state index in [1.807, 2.05) is 24.3 Å². The number of ether oxygens (including phenoxy) is 1. The molecule has 3 unspecified atom stereocenters. The van der Waals surface area contributed by atoms with Gasteiger partial charge >= 0.3 is 0 Å². The molecule has 1 saturated heterocycles. The predicted molar refractivity (Wildman–Crippen MR) is 120 cm³/mol. The number of methoxy groups -OCH3 is 1. The molecular formula is C24H25ClFN3O2. The Bertz CT molecular complexity index is 1060. The number of anilines is 1. The van der Waals surface area contributed by atoms with Crippen molar-refractivity contribution >= 4 is 28.8 Å². The van der Waals surface area contributed by atoms with Gasteiger partial charge in [-0.25, -0.2) is 4.39 Å². The highest BCUT2D eigenvalue weighted by molar-refractivity contribution is 6.32. The highest BCUT2D eigenvalue weighted by atomic mass is 35.5. The molecule has 3 aliphatic rings. The number of ketones is 1. The molecule has 3 atom stereocenters. The van der Waals surface area contributed by atoms with Crippen LogP contribution in [-0.2, 0) is 4.74 Å². The molecule has 0 bridgehead atoms. The second-order valence-corrected chi connectivity index (χ2v) is 8.92. The van der Waals surface area contributed by atoms with Crippen LogP contribution in [0.25, 0.3) is 0 Å². The molecular weight excluding hydrogens is 417 g/mol. The molecule has 0 aromatic heterocycles. The lowest BCUT2D eigenvalue weighted by Gasteiger charge is -2.41. The molecule has 0 aliphatic carbocycles. The number of likely N-dealkylation sites (tertiary alicyclic amines) is 1. The van der Waals surface area contributed by atoms with E-state index in [4.69, 9.17) is 21.3 Å². The molecule has 0 spiro atoms. The summed E-state index contributed by atoms with van der Waals surface area (Å²) >= 11 is 6.65. The van der Waals surface area contributed by atoms with Gasteiger partial charge in [-0.2, -0.15) is 0 Å². The molecule has 1 fully saturated rings. The van der Waals surface area contributed by atoms with Gasteiger partial charge in [-0.15, -0.1) is 0 Å². The Labute approximate surface area is 186 Å². The van der Waals surface area contributed by atoms with E-state index in [1.54, 1.807) is 7.11 Å². The van der Waals surface area contributed by atoms with E-state index in [9.17, 15) is 9.18 Å². The maximum absolute atomic E-state index is 14.4. The Morgan fingerprint density at radius 3 is 2.97 bits per heavy atom. The first-order valence-corrected chi connectivity index (χ1v) is 11.1. The van der Waals surface area contributed by atoms with Crippen molar-refractivity contribution in [1.82, 2.24) is 4.90 Å². The van der Waals surface area contributed by atoms with Gasteiger partial charge in [-0.05, 0) is 42.6 Å². The Morgan fingerprint density at radius 1 is 1.32 bits per heavy atom. The minimum absolute atomic E-state index is 0.00143. The molecule has 0 radical (unpaired) electrons. The summed E-state index contributed by atoms with van der Waals surface area (Å²) < 4.78 is 19.6. The fourth-order valence-electron chi connectivity index (χ4n) is 5.26. The fourth-order valence-corrected chi connectivity index (χ4v) is 5.52. The van der Waals surface area contributed by atoms with Crippen molar-refractivity contribution in [2.45, 2.75) is 18.4 Å². The quantitative estimate of drug-likeness (QED) is 0.761. The monoisotopic (exact) mass is 441 g/mol. The Morgan fingerprint density at radius 2 is 2.16 bits per heavy atom. The van der Waals surface area contributed by atoms with Gasteiger partial charge < -0.3 is 15.0 Å². The predicted octanol–water partition coefficient (Wildman–Crippen LogP) is 4.01. The highest BCUT2D eigenvalue weighted by Gasteiger charge is 2.44. The zero-order chi connectivity index (χ0) is 21.5. The van der Waals surface area contributed by atoms with Crippen molar-refractivity contribution in [3.8, 4) is 0 Å². The summed E-state index contributed by atoms with van der Waals surface area (Å²) in [4.78, 5) is 19.6. The third-order valence-corrected chi connectivity index (χ3v) is 7.04. The number of halogens is 2. The van der Waals surface area contributed by atoms with Crippen molar-refractivity contribution in [2.75, 3.05) is 45.2 Å². The number of hydrogen-bond donors (Lipinski definition) is 1. The third-order valence-electron chi connectivity index (χ3n) is 6.70. The SMILES string of the molecule is COCCN1CCC(C2Nc3cc(F)cc4c3C(=NCC4=O)C2c2ccccc2Cl)C1. The molecule has 3 aliphatic heterocycles. The van der Waals surface area contributed by atoms with Crippen LogP contribution >= 0.6 is 11.6 Å². The Balaban J connectivity index is 1.60. The van der Waals surface area contributed by atoms with Crippen molar-refractivity contribution in [2.24, 2.45) is 10.9 Å². The Kier molecular flexibility index (Phi) is 5.54. The van der Waals surface area contributed by atoms with Gasteiger partial charge in [0.05, 0.1) is 12.3 Å². The van der Waals surface area contributed by atoms with Crippen LogP contribution in [0.4, 0.5) is 10.1 Å². The molecule has 162 valence electrons. The molecule has 7 heteroatoms. The van der Waals surface area contributed by atoms with E-state index < -0.39 is 5.82 Å². The number of aliphatic imine (C=N–C) groups is 1. The van der Waals surface area contributed by atoms with Gasteiger partial charge in [-0.1, -0.05) is 29.8 Å². The van der Waals surface area contributed by atoms with Gasteiger partial charge in [-0.3, -0.25) is 9.79 Å². The first-order valence-electron chi connectivity index (χ1n) is 10.7. The maximum atomic E-state index is 14.4. The summed E-state index contributed by atoms with van der Waals surface area (Å²) in [5.41, 5.74) is 3.64. The number of rotatable bonds is 5. The molecule has 0 amide bonds. The molecule has 0 saturated carbocycles. The Hall–Kier alpha value is -2.28. The second kappa shape index (κ2) is 8.34. The van der Waals surface area contributed by atoms with E-state index >= 15 is 0 Å². The first-order chi connectivity index (χ1) is 15.1. The minimum atomic E-state index is -0.404. The number of carbonyl (C=O) groups excluding carboxylic acids is 1. The topological polar surface area (TPSA) is 53.9 Å². The lowest BCUT2D eigenvalue weighted by atomic mass is 9.73. The van der Waals surface area contributed by atoms with E-state index in [2.05, 4.69) is 10.2 Å². The van der Waals surface area contributed by atoms with E-state index in [0.29, 0.717) is 28.8 Å². The average molecular weight is 442 g/mol. The number of carbonyl (C=O) groups is 1. The standard InChI is InChI=1S/C24H25ClFN3O2/c1-31-9-8-29-7-6-14(13-29)23-22(16-4-2-3-5-18(16)25)24-21-17(20(30)12-27-24)10-15(26)11-19(21)28-23/h2-5,10-11,14,22-23,28H,6-9,12-13H2,1H3. The van der Waals surface area contributed by atoms with Gasteiger partial charge in [0.2, 0.25) is 0 Å². The van der Waals surface area contributed by atoms with Gasteiger partial charge in [0.1, 0.15) is 12.4 Å². The average Bonchev–Trinajstić information content (AvgIpc) is 3.23. The maximum Gasteiger partial charge on any atom is 0.185 e. The molecule has 5 rings (SSSR count). The normalized spacial score (nSPS) is 25.2. The van der Waals surface area contributed by atoms with E-state index in [1.165, 1.54) is 12.1 Å². The molecule has 2 aromatic carbocycles. The van der Waals surface area contributed by atoms with Crippen molar-refractivity contribution < 1.29 is 13.9 Å². The summed E-state index contributed by atoms with van der Waals surface area (Å²) in [6.45, 7) is 3.55. The number of nitrogens with one attached hydrogen (secondary N) is 1. The van der Waals surface area contributed by atoms with Gasteiger partial charge in [0.25, 0.3) is 0 Å². The zero-order valence-corrected chi connectivity index (χ0v) is 18.2. The molecule has 1 N–H and O–H groups in total. The number of hydrogen-bond acceptors (Lipinski definition) is 5. The second-order valence-electron chi connectivity index (χ2n) is 8.51. The van der Waals surface area contributed by atoms with Gasteiger partial charge in [0, 0.05) is 54.0 Å². The smallest absolute Gasteiger partial charge is 0.185 e. The lowest BCUT2D eigenvalue weighted by molar-refractivity contribution is 0.0999. The van der Waals surface area contributed by atoms with Crippen LogP contribution < -0.4 is 5.32 Å². The largest absolute Gasteiger partial charge is 0.383 e. The van der Waals surface area contributed by atoms with Crippen LogP contribution in [0.2, 0.25) is 5.02 Å². The van der Waals surface area contributed by atoms with Crippen molar-refractivity contribution in [3.05, 3.63) is 63.9 Å². The van der Waals surface area contributed by atoms with E-state index in [-0.39, 0.29) is 24.3 Å². The summed E-state index contributed by atoms with van der Waals surface area (Å²) in [5, 5.41) is 4.28. The van der Waals surface area contributed by atoms with Crippen molar-refractivity contribution in [3.63, 3.8) is 0 Å². The first kappa shape index (κ1) is 20.6. The highest BCUT2D eigenvalue weighted by Crippen LogP contribution is 2.44. The summed E-state index contributed by atoms with van der Waals surface area (Å²) in [7, 11) is 1.72. The van der Waals surface area contributed by atoms with Crippen LogP contribution in [-0.4, -0.2) is 62.3 Å². The van der Waals surface area contributed by atoms with Gasteiger partial charge in [0.15, 0.2) is 5.78 Å². The molecule has 31 heavy (non-hydrogen) atoms. The minimum Gasteiger partial charge on any atom is -0.383 e. The summed E-state index contributed by atoms with van der Waals surface area (Å²) in [6.07, 6.45) is 1.02. The lowest BCUT2D eigenvalue weighted by Crippen LogP contribution is -2.46. The van der Waals surface area contributed by atoms with Crippen molar-refractivity contribution in [1.29, 1.82) is 0 Å². The van der Waals surface area contributed by atoms with Crippen LogP contribution in [0.15, 0.2) is 41.4 Å². The number of Topliss-reactive ketones (excluding diaryl/α,β-unsaturated/α-hetero) is 1. The molecule has 3 heterocycles. The van der Waals surface area contributed by atoms with Crippen LogP contribution in [0.3, 0.4) is 0 Å². The summed E-state index contributed by atoms with van der Waals surface area (Å²) in [5.74, 6) is -0.326. The fraction of sp³-hybridized carbons (Fsp3) is 0.417. The van der Waals surface area contributed by atoms with Crippen LogP contribution in [0.5, 0.6) is 0 Å². The number of benzene rings is 2. The zero-order valence-electron chi connectivity index (χ0n) is 17.4. The summed E-state index contributed by atoms with van der Waals surface area (Å²) in [6, 6.07) is 10.6.